The maximum Gasteiger partial charge on any atom is 0.331 e. The van der Waals surface area contributed by atoms with Crippen LogP contribution in [0.2, 0.25) is 0 Å². The van der Waals surface area contributed by atoms with Gasteiger partial charge in [0.15, 0.2) is 18.0 Å². The van der Waals surface area contributed by atoms with Gasteiger partial charge in [-0.25, -0.2) is 4.79 Å². The van der Waals surface area contributed by atoms with Gasteiger partial charge in [0.2, 0.25) is 0 Å². The van der Waals surface area contributed by atoms with E-state index in [-0.39, 0.29) is 0 Å². The average molecular weight is 202 g/mol. The molecule has 5 heteroatoms. The van der Waals surface area contributed by atoms with Crippen molar-refractivity contribution in [3.63, 3.8) is 0 Å². The van der Waals surface area contributed by atoms with Gasteiger partial charge in [0.25, 0.3) is 0 Å². The first-order valence-electron chi connectivity index (χ1n) is 4.19. The zero-order valence-electron chi connectivity index (χ0n) is 8.39. The number of methoxy groups -OCH3 is 2. The van der Waals surface area contributed by atoms with Crippen molar-refractivity contribution in [2.45, 2.75) is 24.9 Å². The fraction of sp³-hybridized carbons (Fsp3) is 0.667. The highest BCUT2D eigenvalue weighted by Gasteiger charge is 2.43. The van der Waals surface area contributed by atoms with Crippen LogP contribution in [0.1, 0.15) is 6.92 Å². The Hall–Kier alpha value is -0.910. The Morgan fingerprint density at radius 2 is 2.14 bits per heavy atom. The molecular formula is C9H14O5. The van der Waals surface area contributed by atoms with Crippen molar-refractivity contribution in [2.24, 2.45) is 0 Å². The first kappa shape index (κ1) is 11.2. The minimum Gasteiger partial charge on any atom is -0.452 e. The van der Waals surface area contributed by atoms with Crippen LogP contribution in [-0.4, -0.2) is 43.3 Å². The van der Waals surface area contributed by atoms with Gasteiger partial charge in [-0.1, -0.05) is 0 Å². The molecule has 0 saturated heterocycles. The fourth-order valence-electron chi connectivity index (χ4n) is 1.39. The molecule has 1 aliphatic heterocycles. The lowest BCUT2D eigenvalue weighted by molar-refractivity contribution is -0.234. The Morgan fingerprint density at radius 3 is 2.50 bits per heavy atom. The van der Waals surface area contributed by atoms with E-state index >= 15 is 0 Å². The molecule has 5 nitrogen and oxygen atoms in total. The molecule has 1 aliphatic rings. The Balaban J connectivity index is 2.73. The zero-order chi connectivity index (χ0) is 10.8. The second-order valence-electron chi connectivity index (χ2n) is 3.25. The lowest BCUT2D eigenvalue weighted by atomic mass is 9.98. The van der Waals surface area contributed by atoms with Crippen LogP contribution in [0, 0.1) is 0 Å². The predicted molar refractivity (Wildman–Crippen MR) is 47.4 cm³/mol. The maximum absolute atomic E-state index is 10.8. The summed E-state index contributed by atoms with van der Waals surface area (Å²) in [5.74, 6) is -0.471. The number of carbonyl (C=O) groups is 1. The van der Waals surface area contributed by atoms with Gasteiger partial charge in [-0.2, -0.15) is 0 Å². The number of ether oxygens (including phenoxy) is 3. The molecular weight excluding hydrogens is 188 g/mol. The van der Waals surface area contributed by atoms with Gasteiger partial charge >= 0.3 is 5.97 Å². The van der Waals surface area contributed by atoms with Gasteiger partial charge < -0.3 is 19.3 Å². The van der Waals surface area contributed by atoms with Gasteiger partial charge in [0.05, 0.1) is 0 Å². The van der Waals surface area contributed by atoms with Gasteiger partial charge in [0.1, 0.15) is 0 Å². The van der Waals surface area contributed by atoms with Crippen LogP contribution in [0.4, 0.5) is 0 Å². The van der Waals surface area contributed by atoms with Crippen LogP contribution >= 0.6 is 0 Å². The quantitative estimate of drug-likeness (QED) is 0.507. The Morgan fingerprint density at radius 1 is 1.57 bits per heavy atom. The van der Waals surface area contributed by atoms with Crippen molar-refractivity contribution in [2.75, 3.05) is 14.2 Å². The molecule has 0 aromatic carbocycles. The van der Waals surface area contributed by atoms with Crippen molar-refractivity contribution in [1.29, 1.82) is 0 Å². The predicted octanol–water partition coefficient (Wildman–Crippen LogP) is -0.162. The topological polar surface area (TPSA) is 65.0 Å². The summed E-state index contributed by atoms with van der Waals surface area (Å²) in [6.07, 6.45) is 1.16. The monoisotopic (exact) mass is 202 g/mol. The molecule has 1 N–H and O–H groups in total. The minimum atomic E-state index is -1.40. The Kier molecular flexibility index (Phi) is 3.25. The fourth-order valence-corrected chi connectivity index (χ4v) is 1.39. The molecule has 0 aliphatic carbocycles. The van der Waals surface area contributed by atoms with Crippen LogP contribution in [0.3, 0.4) is 0 Å². The summed E-state index contributed by atoms with van der Waals surface area (Å²) in [4.78, 5) is 10.8. The van der Waals surface area contributed by atoms with Crippen LogP contribution in [0.15, 0.2) is 12.2 Å². The molecule has 0 radical (unpaired) electrons. The smallest absolute Gasteiger partial charge is 0.331 e. The van der Waals surface area contributed by atoms with Crippen molar-refractivity contribution in [3.05, 3.63) is 12.2 Å². The number of hydrogen-bond acceptors (Lipinski definition) is 5. The number of carbonyl (C=O) groups excluding carboxylic acids is 1. The number of esters is 1. The third-order valence-corrected chi connectivity index (χ3v) is 2.13. The molecule has 0 unspecified atom stereocenters. The molecule has 0 fully saturated rings. The molecule has 80 valence electrons. The van der Waals surface area contributed by atoms with Crippen molar-refractivity contribution in [1.82, 2.24) is 0 Å². The summed E-state index contributed by atoms with van der Waals surface area (Å²) >= 11 is 0. The molecule has 14 heavy (non-hydrogen) atoms. The molecule has 0 bridgehead atoms. The molecule has 0 aromatic rings. The number of rotatable bonds is 4. The minimum absolute atomic E-state index is 0.471. The van der Waals surface area contributed by atoms with Gasteiger partial charge in [-0.3, -0.25) is 0 Å². The third kappa shape index (κ3) is 1.95. The normalized spacial score (nSPS) is 25.2. The SMILES string of the molecule is COC(OC)[C@](C)(O)[C@H]1C=CC(=O)O1. The van der Waals surface area contributed by atoms with E-state index < -0.39 is 24.0 Å². The summed E-state index contributed by atoms with van der Waals surface area (Å²) in [6.45, 7) is 1.48. The molecule has 2 atom stereocenters. The molecule has 0 amide bonds. The van der Waals surface area contributed by atoms with Crippen LogP contribution in [0.5, 0.6) is 0 Å². The van der Waals surface area contributed by atoms with Crippen molar-refractivity contribution < 1.29 is 24.1 Å². The lowest BCUT2D eigenvalue weighted by Gasteiger charge is -2.33. The highest BCUT2D eigenvalue weighted by atomic mass is 16.7. The Labute approximate surface area is 82.3 Å². The lowest BCUT2D eigenvalue weighted by Crippen LogP contribution is -2.51. The van der Waals surface area contributed by atoms with Crippen molar-refractivity contribution >= 4 is 5.97 Å². The average Bonchev–Trinajstić information content (AvgIpc) is 2.54. The zero-order valence-corrected chi connectivity index (χ0v) is 8.39. The second-order valence-corrected chi connectivity index (χ2v) is 3.25. The summed E-state index contributed by atoms with van der Waals surface area (Å²) in [5.41, 5.74) is -1.40. The molecule has 0 aromatic heterocycles. The summed E-state index contributed by atoms with van der Waals surface area (Å²) in [7, 11) is 2.81. The highest BCUT2D eigenvalue weighted by molar-refractivity contribution is 5.84. The third-order valence-electron chi connectivity index (χ3n) is 2.13. The van der Waals surface area contributed by atoms with E-state index in [1.807, 2.05) is 0 Å². The van der Waals surface area contributed by atoms with E-state index in [1.54, 1.807) is 0 Å². The van der Waals surface area contributed by atoms with Crippen molar-refractivity contribution in [3.8, 4) is 0 Å². The molecule has 1 heterocycles. The highest BCUT2D eigenvalue weighted by Crippen LogP contribution is 2.24. The number of hydrogen-bond donors (Lipinski definition) is 1. The van der Waals surface area contributed by atoms with E-state index in [4.69, 9.17) is 14.2 Å². The van der Waals surface area contributed by atoms with E-state index in [9.17, 15) is 9.90 Å². The number of aliphatic hydroxyl groups is 1. The van der Waals surface area contributed by atoms with E-state index in [1.165, 1.54) is 33.3 Å². The van der Waals surface area contributed by atoms with Gasteiger partial charge in [-0.15, -0.1) is 0 Å². The van der Waals surface area contributed by atoms with E-state index in [2.05, 4.69) is 0 Å². The van der Waals surface area contributed by atoms with E-state index in [0.717, 1.165) is 0 Å². The van der Waals surface area contributed by atoms with Gasteiger partial charge in [0, 0.05) is 20.3 Å². The molecule has 0 saturated carbocycles. The second kappa shape index (κ2) is 4.08. The summed E-state index contributed by atoms with van der Waals surface area (Å²) < 4.78 is 14.7. The molecule has 1 rings (SSSR count). The van der Waals surface area contributed by atoms with Crippen LogP contribution in [-0.2, 0) is 19.0 Å². The summed E-state index contributed by atoms with van der Waals surface area (Å²) in [6, 6.07) is 0. The summed E-state index contributed by atoms with van der Waals surface area (Å²) in [5, 5.41) is 10.0. The number of cyclic esters (lactones) is 1. The largest absolute Gasteiger partial charge is 0.452 e. The first-order valence-corrected chi connectivity index (χ1v) is 4.19. The van der Waals surface area contributed by atoms with Crippen LogP contribution in [0.25, 0.3) is 0 Å². The van der Waals surface area contributed by atoms with Crippen LogP contribution < -0.4 is 0 Å². The standard InChI is InChI=1S/C9H14O5/c1-9(11,8(12-2)13-3)6-4-5-7(10)14-6/h4-6,8,11H,1-3H3/t6-,9-/m1/s1. The first-order chi connectivity index (χ1) is 6.52. The Bertz CT molecular complexity index is 242. The van der Waals surface area contributed by atoms with Gasteiger partial charge in [-0.05, 0) is 13.0 Å². The van der Waals surface area contributed by atoms with E-state index in [0.29, 0.717) is 0 Å². The maximum atomic E-state index is 10.8. The molecule has 0 spiro atoms.